The van der Waals surface area contributed by atoms with Gasteiger partial charge in [-0.05, 0) is 47.1 Å². The van der Waals surface area contributed by atoms with Gasteiger partial charge in [-0.3, -0.25) is 0 Å². The van der Waals surface area contributed by atoms with Crippen LogP contribution in [-0.2, 0) is 6.42 Å². The molecule has 0 aliphatic rings. The number of nitrogens with zero attached hydrogens (tertiary/aromatic N) is 2. The van der Waals surface area contributed by atoms with E-state index in [9.17, 15) is 0 Å². The van der Waals surface area contributed by atoms with Gasteiger partial charge in [-0.25, -0.2) is 4.68 Å². The Balaban J connectivity index is 2.40. The average molecular weight is 311 g/mol. The number of aromatic nitrogens is 2. The molecule has 0 atom stereocenters. The summed E-state index contributed by atoms with van der Waals surface area (Å²) in [6, 6.07) is 7.67. The highest BCUT2D eigenvalue weighted by Gasteiger charge is 2.13. The molecule has 0 aliphatic heterocycles. The third-order valence-corrected chi connectivity index (χ3v) is 3.62. The SMILES string of the molecule is COc1ccc(-n2nc(C)c(CCO)c2Br)cc1. The molecule has 96 valence electrons. The zero-order valence-corrected chi connectivity index (χ0v) is 11.9. The fraction of sp³-hybridized carbons (Fsp3) is 0.308. The van der Waals surface area contributed by atoms with Crippen molar-refractivity contribution >= 4 is 15.9 Å². The van der Waals surface area contributed by atoms with E-state index in [1.807, 2.05) is 35.9 Å². The summed E-state index contributed by atoms with van der Waals surface area (Å²) in [5.74, 6) is 0.814. The lowest BCUT2D eigenvalue weighted by Gasteiger charge is -2.05. The summed E-state index contributed by atoms with van der Waals surface area (Å²) in [4.78, 5) is 0. The summed E-state index contributed by atoms with van der Waals surface area (Å²) in [5.41, 5.74) is 2.91. The van der Waals surface area contributed by atoms with Gasteiger partial charge < -0.3 is 9.84 Å². The summed E-state index contributed by atoms with van der Waals surface area (Å²) >= 11 is 3.53. The number of methoxy groups -OCH3 is 1. The lowest BCUT2D eigenvalue weighted by Crippen LogP contribution is -1.97. The zero-order valence-electron chi connectivity index (χ0n) is 10.4. The first-order chi connectivity index (χ1) is 8.67. The Labute approximate surface area is 114 Å². The van der Waals surface area contributed by atoms with Crippen LogP contribution in [0.25, 0.3) is 5.69 Å². The van der Waals surface area contributed by atoms with Gasteiger partial charge in [0.25, 0.3) is 0 Å². The molecule has 2 rings (SSSR count). The highest BCUT2D eigenvalue weighted by Crippen LogP contribution is 2.25. The van der Waals surface area contributed by atoms with Crippen molar-refractivity contribution in [2.75, 3.05) is 13.7 Å². The van der Waals surface area contributed by atoms with Gasteiger partial charge >= 0.3 is 0 Å². The lowest BCUT2D eigenvalue weighted by molar-refractivity contribution is 0.299. The van der Waals surface area contributed by atoms with E-state index < -0.39 is 0 Å². The Kier molecular flexibility index (Phi) is 4.04. The topological polar surface area (TPSA) is 47.3 Å². The molecule has 1 N–H and O–H groups in total. The molecule has 0 bridgehead atoms. The van der Waals surface area contributed by atoms with Crippen molar-refractivity contribution in [3.05, 3.63) is 40.1 Å². The molecule has 0 spiro atoms. The smallest absolute Gasteiger partial charge is 0.119 e. The van der Waals surface area contributed by atoms with Crippen LogP contribution in [0.4, 0.5) is 0 Å². The Bertz CT molecular complexity index is 535. The number of aryl methyl sites for hydroxylation is 1. The van der Waals surface area contributed by atoms with Gasteiger partial charge in [0.05, 0.1) is 18.5 Å². The van der Waals surface area contributed by atoms with Crippen LogP contribution in [0.2, 0.25) is 0 Å². The maximum Gasteiger partial charge on any atom is 0.119 e. The van der Waals surface area contributed by atoms with Crippen LogP contribution in [0.15, 0.2) is 28.9 Å². The van der Waals surface area contributed by atoms with Crippen molar-refractivity contribution in [2.24, 2.45) is 0 Å². The number of rotatable bonds is 4. The number of ether oxygens (including phenoxy) is 1. The molecule has 1 aromatic heterocycles. The van der Waals surface area contributed by atoms with Crippen molar-refractivity contribution in [3.8, 4) is 11.4 Å². The lowest BCUT2D eigenvalue weighted by atomic mass is 10.2. The maximum atomic E-state index is 9.04. The fourth-order valence-electron chi connectivity index (χ4n) is 1.82. The molecule has 18 heavy (non-hydrogen) atoms. The molecule has 0 amide bonds. The molecule has 1 aromatic carbocycles. The van der Waals surface area contributed by atoms with Crippen LogP contribution in [0.3, 0.4) is 0 Å². The van der Waals surface area contributed by atoms with Crippen LogP contribution < -0.4 is 4.74 Å². The molecule has 0 unspecified atom stereocenters. The molecule has 0 aliphatic carbocycles. The average Bonchev–Trinajstić information content (AvgIpc) is 2.67. The van der Waals surface area contributed by atoms with E-state index in [0.717, 1.165) is 27.3 Å². The van der Waals surface area contributed by atoms with Crippen LogP contribution in [0.1, 0.15) is 11.3 Å². The van der Waals surface area contributed by atoms with Crippen LogP contribution >= 0.6 is 15.9 Å². The van der Waals surface area contributed by atoms with E-state index in [-0.39, 0.29) is 6.61 Å². The zero-order chi connectivity index (χ0) is 13.1. The molecule has 1 heterocycles. The number of halogens is 1. The highest BCUT2D eigenvalue weighted by atomic mass is 79.9. The normalized spacial score (nSPS) is 10.7. The van der Waals surface area contributed by atoms with Gasteiger partial charge in [0.15, 0.2) is 0 Å². The quantitative estimate of drug-likeness (QED) is 0.944. The number of aliphatic hydroxyl groups excluding tert-OH is 1. The summed E-state index contributed by atoms with van der Waals surface area (Å²) in [7, 11) is 1.64. The second-order valence-corrected chi connectivity index (χ2v) is 4.69. The monoisotopic (exact) mass is 310 g/mol. The molecule has 0 fully saturated rings. The van der Waals surface area contributed by atoms with E-state index in [4.69, 9.17) is 9.84 Å². The Morgan fingerprint density at radius 2 is 2.00 bits per heavy atom. The second kappa shape index (κ2) is 5.54. The number of hydrogen-bond donors (Lipinski definition) is 1. The molecular weight excluding hydrogens is 296 g/mol. The summed E-state index contributed by atoms with van der Waals surface area (Å²) < 4.78 is 7.84. The van der Waals surface area contributed by atoms with Crippen molar-refractivity contribution in [1.29, 1.82) is 0 Å². The van der Waals surface area contributed by atoms with Gasteiger partial charge in [-0.2, -0.15) is 5.10 Å². The first-order valence-corrected chi connectivity index (χ1v) is 6.46. The van der Waals surface area contributed by atoms with E-state index in [0.29, 0.717) is 6.42 Å². The van der Waals surface area contributed by atoms with Gasteiger partial charge in [-0.15, -0.1) is 0 Å². The van der Waals surface area contributed by atoms with Crippen LogP contribution in [0, 0.1) is 6.92 Å². The minimum Gasteiger partial charge on any atom is -0.497 e. The van der Waals surface area contributed by atoms with Crippen LogP contribution in [0.5, 0.6) is 5.75 Å². The predicted octanol–water partition coefficient (Wildman–Crippen LogP) is 2.49. The van der Waals surface area contributed by atoms with Gasteiger partial charge in [0, 0.05) is 18.6 Å². The highest BCUT2D eigenvalue weighted by molar-refractivity contribution is 9.10. The van der Waals surface area contributed by atoms with Gasteiger partial charge in [0.1, 0.15) is 10.4 Å². The largest absolute Gasteiger partial charge is 0.497 e. The number of benzene rings is 1. The maximum absolute atomic E-state index is 9.04. The van der Waals surface area contributed by atoms with Crippen molar-refractivity contribution in [1.82, 2.24) is 9.78 Å². The van der Waals surface area contributed by atoms with Crippen molar-refractivity contribution in [3.63, 3.8) is 0 Å². The van der Waals surface area contributed by atoms with E-state index in [1.54, 1.807) is 7.11 Å². The fourth-order valence-corrected chi connectivity index (χ4v) is 2.59. The molecule has 5 heteroatoms. The molecular formula is C13H15BrN2O2. The molecule has 0 saturated heterocycles. The minimum absolute atomic E-state index is 0.119. The standard InChI is InChI=1S/C13H15BrN2O2/c1-9-12(7-8-17)13(14)16(15-9)10-3-5-11(18-2)6-4-10/h3-6,17H,7-8H2,1-2H3. The van der Waals surface area contributed by atoms with Crippen molar-refractivity contribution in [2.45, 2.75) is 13.3 Å². The third-order valence-electron chi connectivity index (χ3n) is 2.80. The molecule has 0 radical (unpaired) electrons. The Morgan fingerprint density at radius 3 is 2.56 bits per heavy atom. The molecule has 2 aromatic rings. The first-order valence-electron chi connectivity index (χ1n) is 5.66. The Morgan fingerprint density at radius 1 is 1.33 bits per heavy atom. The molecule has 4 nitrogen and oxygen atoms in total. The number of aliphatic hydroxyl groups is 1. The third kappa shape index (κ3) is 2.42. The number of hydrogen-bond acceptors (Lipinski definition) is 3. The van der Waals surface area contributed by atoms with Crippen molar-refractivity contribution < 1.29 is 9.84 Å². The second-order valence-electron chi connectivity index (χ2n) is 3.94. The summed E-state index contributed by atoms with van der Waals surface area (Å²) in [6.07, 6.45) is 0.600. The van der Waals surface area contributed by atoms with Gasteiger partial charge in [0.2, 0.25) is 0 Å². The Hall–Kier alpha value is -1.33. The van der Waals surface area contributed by atoms with Crippen LogP contribution in [-0.4, -0.2) is 28.6 Å². The minimum atomic E-state index is 0.119. The predicted molar refractivity (Wildman–Crippen MR) is 73.3 cm³/mol. The molecule has 0 saturated carbocycles. The van der Waals surface area contributed by atoms with Gasteiger partial charge in [-0.1, -0.05) is 0 Å². The van der Waals surface area contributed by atoms with E-state index >= 15 is 0 Å². The first kappa shape index (κ1) is 13.1. The summed E-state index contributed by atoms with van der Waals surface area (Å²) in [6.45, 7) is 2.06. The van der Waals surface area contributed by atoms with E-state index in [1.165, 1.54) is 0 Å². The summed E-state index contributed by atoms with van der Waals surface area (Å²) in [5, 5.41) is 13.5. The van der Waals surface area contributed by atoms with E-state index in [2.05, 4.69) is 21.0 Å².